The molecular weight excluding hydrogens is 212 g/mol. The van der Waals surface area contributed by atoms with E-state index in [2.05, 4.69) is 15.3 Å². The Balaban J connectivity index is 2.02. The molecule has 5 nitrogen and oxygen atoms in total. The number of thiazole rings is 1. The summed E-state index contributed by atoms with van der Waals surface area (Å²) in [4.78, 5) is 17.4. The van der Waals surface area contributed by atoms with E-state index in [1.165, 1.54) is 0 Å². The van der Waals surface area contributed by atoms with Crippen LogP contribution in [0.15, 0.2) is 28.5 Å². The van der Waals surface area contributed by atoms with E-state index in [9.17, 15) is 4.79 Å². The first kappa shape index (κ1) is 9.72. The minimum Gasteiger partial charge on any atom is -0.384 e. The Morgan fingerprint density at radius 1 is 1.60 bits per heavy atom. The topological polar surface area (TPSA) is 83.8 Å². The van der Waals surface area contributed by atoms with Crippen molar-refractivity contribution in [3.63, 3.8) is 0 Å². The van der Waals surface area contributed by atoms with Crippen LogP contribution in [-0.4, -0.2) is 9.97 Å². The van der Waals surface area contributed by atoms with Gasteiger partial charge < -0.3 is 16.0 Å². The van der Waals surface area contributed by atoms with Crippen molar-refractivity contribution in [2.45, 2.75) is 6.54 Å². The first-order valence-electron chi connectivity index (χ1n) is 4.36. The van der Waals surface area contributed by atoms with Gasteiger partial charge in [0.2, 0.25) is 0 Å². The molecule has 0 atom stereocenters. The Labute approximate surface area is 90.0 Å². The van der Waals surface area contributed by atoms with Crippen LogP contribution in [-0.2, 0) is 6.54 Å². The van der Waals surface area contributed by atoms with Gasteiger partial charge in [-0.2, -0.15) is 0 Å². The summed E-state index contributed by atoms with van der Waals surface area (Å²) >= 11 is 1.15. The summed E-state index contributed by atoms with van der Waals surface area (Å²) in [5, 5.41) is 4.92. The number of hydrogen-bond acceptors (Lipinski definition) is 5. The molecule has 0 aliphatic rings. The lowest BCUT2D eigenvalue weighted by Crippen LogP contribution is -2.03. The standard InChI is InChI=1S/C9H10N4OS/c10-8-3-6(1-2-11-8)12-4-7-5-15-9(14)13-7/h1-3,5H,4H2,(H,13,14)(H3,10,11,12). The number of hydrogen-bond donors (Lipinski definition) is 3. The van der Waals surface area contributed by atoms with E-state index in [-0.39, 0.29) is 4.87 Å². The highest BCUT2D eigenvalue weighted by molar-refractivity contribution is 7.07. The Kier molecular flexibility index (Phi) is 2.68. The van der Waals surface area contributed by atoms with Crippen molar-refractivity contribution in [3.8, 4) is 0 Å². The molecule has 15 heavy (non-hydrogen) atoms. The van der Waals surface area contributed by atoms with Crippen LogP contribution in [0, 0.1) is 0 Å². The number of nitrogens with two attached hydrogens (primary N) is 1. The highest BCUT2D eigenvalue weighted by Gasteiger charge is 1.97. The van der Waals surface area contributed by atoms with E-state index in [1.807, 2.05) is 6.07 Å². The maximum Gasteiger partial charge on any atom is 0.304 e. The van der Waals surface area contributed by atoms with Gasteiger partial charge in [0.05, 0.1) is 6.54 Å². The maximum absolute atomic E-state index is 10.9. The molecule has 0 amide bonds. The first-order chi connectivity index (χ1) is 7.24. The van der Waals surface area contributed by atoms with Gasteiger partial charge in [-0.05, 0) is 6.07 Å². The van der Waals surface area contributed by atoms with Crippen LogP contribution in [0.1, 0.15) is 5.69 Å². The zero-order valence-corrected chi connectivity index (χ0v) is 8.67. The predicted molar refractivity (Wildman–Crippen MR) is 60.9 cm³/mol. The van der Waals surface area contributed by atoms with Gasteiger partial charge in [0, 0.05) is 29.0 Å². The molecule has 2 rings (SSSR count). The van der Waals surface area contributed by atoms with E-state index < -0.39 is 0 Å². The number of anilines is 2. The number of aromatic amines is 1. The lowest BCUT2D eigenvalue weighted by molar-refractivity contribution is 1.06. The molecule has 0 saturated heterocycles. The number of pyridine rings is 1. The predicted octanol–water partition coefficient (Wildman–Crippen LogP) is 1.03. The number of H-pyrrole nitrogens is 1. The molecule has 4 N–H and O–H groups in total. The molecule has 2 aromatic rings. The van der Waals surface area contributed by atoms with E-state index in [0.717, 1.165) is 22.7 Å². The summed E-state index contributed by atoms with van der Waals surface area (Å²) in [6.45, 7) is 0.572. The molecule has 0 radical (unpaired) electrons. The summed E-state index contributed by atoms with van der Waals surface area (Å²) in [6, 6.07) is 3.56. The number of aromatic nitrogens is 2. The number of nitrogens with one attached hydrogen (secondary N) is 2. The van der Waals surface area contributed by atoms with Crippen LogP contribution in [0.3, 0.4) is 0 Å². The molecule has 6 heteroatoms. The summed E-state index contributed by atoms with van der Waals surface area (Å²) in [6.07, 6.45) is 1.63. The van der Waals surface area contributed by atoms with Crippen LogP contribution in [0.5, 0.6) is 0 Å². The monoisotopic (exact) mass is 222 g/mol. The minimum atomic E-state index is -0.0407. The number of rotatable bonds is 3. The molecular formula is C9H10N4OS. The van der Waals surface area contributed by atoms with Crippen molar-refractivity contribution in [1.29, 1.82) is 0 Å². The molecule has 2 aromatic heterocycles. The summed E-state index contributed by atoms with van der Waals surface area (Å²) in [5.41, 5.74) is 7.27. The van der Waals surface area contributed by atoms with Crippen molar-refractivity contribution < 1.29 is 0 Å². The zero-order chi connectivity index (χ0) is 10.7. The third-order valence-electron chi connectivity index (χ3n) is 1.83. The minimum absolute atomic E-state index is 0.0407. The molecule has 78 valence electrons. The molecule has 0 fully saturated rings. The summed E-state index contributed by atoms with van der Waals surface area (Å²) < 4.78 is 0. The highest BCUT2D eigenvalue weighted by atomic mass is 32.1. The number of nitrogens with zero attached hydrogens (tertiary/aromatic N) is 1. The lowest BCUT2D eigenvalue weighted by atomic mass is 10.3. The second kappa shape index (κ2) is 4.14. The van der Waals surface area contributed by atoms with Crippen LogP contribution in [0.25, 0.3) is 0 Å². The highest BCUT2D eigenvalue weighted by Crippen LogP contribution is 2.10. The van der Waals surface area contributed by atoms with E-state index >= 15 is 0 Å². The van der Waals surface area contributed by atoms with Crippen molar-refractivity contribution in [3.05, 3.63) is 39.1 Å². The molecule has 0 saturated carbocycles. The molecule has 0 aliphatic heterocycles. The molecule has 0 bridgehead atoms. The molecule has 0 spiro atoms. The molecule has 0 aromatic carbocycles. The van der Waals surface area contributed by atoms with Crippen molar-refractivity contribution in [1.82, 2.24) is 9.97 Å². The lowest BCUT2D eigenvalue weighted by Gasteiger charge is -2.04. The van der Waals surface area contributed by atoms with Crippen molar-refractivity contribution in [2.75, 3.05) is 11.1 Å². The Bertz CT molecular complexity index is 505. The summed E-state index contributed by atoms with van der Waals surface area (Å²) in [5.74, 6) is 0.471. The van der Waals surface area contributed by atoms with Gasteiger partial charge in [-0.25, -0.2) is 4.98 Å². The second-order valence-electron chi connectivity index (χ2n) is 3.00. The Hall–Kier alpha value is -1.82. The van der Waals surface area contributed by atoms with E-state index in [1.54, 1.807) is 17.6 Å². The summed E-state index contributed by atoms with van der Waals surface area (Å²) in [7, 11) is 0. The van der Waals surface area contributed by atoms with Gasteiger partial charge in [0.25, 0.3) is 0 Å². The van der Waals surface area contributed by atoms with Gasteiger partial charge in [0.1, 0.15) is 5.82 Å². The molecule has 0 aliphatic carbocycles. The Morgan fingerprint density at radius 2 is 2.47 bits per heavy atom. The average molecular weight is 222 g/mol. The van der Waals surface area contributed by atoms with Gasteiger partial charge in [-0.1, -0.05) is 11.3 Å². The zero-order valence-electron chi connectivity index (χ0n) is 7.86. The fourth-order valence-corrected chi connectivity index (χ4v) is 1.74. The smallest absolute Gasteiger partial charge is 0.304 e. The average Bonchev–Trinajstić information content (AvgIpc) is 2.62. The van der Waals surface area contributed by atoms with Gasteiger partial charge in [-0.15, -0.1) is 0 Å². The second-order valence-corrected chi connectivity index (χ2v) is 3.84. The van der Waals surface area contributed by atoms with Crippen LogP contribution >= 0.6 is 11.3 Å². The fourth-order valence-electron chi connectivity index (χ4n) is 1.16. The largest absolute Gasteiger partial charge is 0.384 e. The SMILES string of the molecule is Nc1cc(NCc2csc(=O)[nH]2)ccn1. The van der Waals surface area contributed by atoms with Gasteiger partial charge >= 0.3 is 4.87 Å². The van der Waals surface area contributed by atoms with Crippen LogP contribution in [0.2, 0.25) is 0 Å². The number of nitrogen functional groups attached to an aromatic ring is 1. The molecule has 0 unspecified atom stereocenters. The Morgan fingerprint density at radius 3 is 3.13 bits per heavy atom. The van der Waals surface area contributed by atoms with Gasteiger partial charge in [-0.3, -0.25) is 4.79 Å². The van der Waals surface area contributed by atoms with Crippen LogP contribution < -0.4 is 15.9 Å². The van der Waals surface area contributed by atoms with Crippen molar-refractivity contribution in [2.24, 2.45) is 0 Å². The van der Waals surface area contributed by atoms with Crippen molar-refractivity contribution >= 4 is 22.8 Å². The molecule has 2 heterocycles. The van der Waals surface area contributed by atoms with E-state index in [4.69, 9.17) is 5.73 Å². The third kappa shape index (κ3) is 2.57. The van der Waals surface area contributed by atoms with Crippen LogP contribution in [0.4, 0.5) is 11.5 Å². The normalized spacial score (nSPS) is 10.1. The maximum atomic E-state index is 10.9. The van der Waals surface area contributed by atoms with E-state index in [0.29, 0.717) is 12.4 Å². The third-order valence-corrected chi connectivity index (χ3v) is 2.55. The fraction of sp³-hybridized carbons (Fsp3) is 0.111. The van der Waals surface area contributed by atoms with Gasteiger partial charge in [0.15, 0.2) is 0 Å². The first-order valence-corrected chi connectivity index (χ1v) is 5.24. The quantitative estimate of drug-likeness (QED) is 0.724.